The molecule has 1 amide bonds. The third-order valence-electron chi connectivity index (χ3n) is 8.95. The molecule has 2 fully saturated rings. The van der Waals surface area contributed by atoms with Crippen LogP contribution >= 0.6 is 0 Å². The van der Waals surface area contributed by atoms with Gasteiger partial charge in [0.15, 0.2) is 15.4 Å². The number of hydrogen-bond donors (Lipinski definition) is 2. The van der Waals surface area contributed by atoms with Gasteiger partial charge in [-0.3, -0.25) is 9.59 Å². The number of para-hydroxylation sites is 1. The van der Waals surface area contributed by atoms with Crippen molar-refractivity contribution in [3.05, 3.63) is 83.9 Å². The Kier molecular flexibility index (Phi) is 8.91. The van der Waals surface area contributed by atoms with Crippen LogP contribution in [0.5, 0.6) is 0 Å². The van der Waals surface area contributed by atoms with Gasteiger partial charge in [-0.2, -0.15) is 4.98 Å². The molecule has 0 bridgehead atoms. The fourth-order valence-corrected chi connectivity index (χ4v) is 8.08. The maximum atomic E-state index is 13.8. The molecule has 1 saturated heterocycles. The second-order valence-electron chi connectivity index (χ2n) is 12.0. The molecule has 3 aromatic carbocycles. The lowest BCUT2D eigenvalue weighted by molar-refractivity contribution is -0.144. The normalized spacial score (nSPS) is 22.0. The molecule has 1 saturated carbocycles. The smallest absolute Gasteiger partial charge is 0.306 e. The zero-order chi connectivity index (χ0) is 31.6. The number of amides is 1. The van der Waals surface area contributed by atoms with E-state index in [9.17, 15) is 23.1 Å². The van der Waals surface area contributed by atoms with Gasteiger partial charge < -0.3 is 24.5 Å². The van der Waals surface area contributed by atoms with Crippen LogP contribution in [0.15, 0.2) is 82.1 Å². The summed E-state index contributed by atoms with van der Waals surface area (Å²) < 4.78 is 39.3. The standard InChI is InChI=1S/C34H37N3O7S/c1-22-7-5-6-10-29(22)35-34-36-30-16-11-23(17-31(30)44-34)18-32(38)37-20-28(45(41,42)27-8-3-2-4-9-27)19-25(37)21-43-26-14-12-24(13-15-26)33(39)40/h2-11,16-17,24-26,28H,12-15,18-21H2,1H3,(H,35,36)(H,39,40)/t24?,25-,26?,28-/m0/s1. The fraction of sp³-hybridized carbons (Fsp3) is 0.382. The molecule has 2 aliphatic rings. The molecule has 0 radical (unpaired) electrons. The second-order valence-corrected chi connectivity index (χ2v) is 14.2. The number of rotatable bonds is 10. The molecule has 1 aliphatic heterocycles. The molecule has 1 aliphatic carbocycles. The fourth-order valence-electron chi connectivity index (χ4n) is 6.33. The molecule has 2 heterocycles. The number of nitrogens with one attached hydrogen (secondary N) is 1. The molecular weight excluding hydrogens is 594 g/mol. The number of nitrogens with zero attached hydrogens (tertiary/aromatic N) is 2. The van der Waals surface area contributed by atoms with Crippen LogP contribution in [0.4, 0.5) is 11.7 Å². The Morgan fingerprint density at radius 1 is 1.02 bits per heavy atom. The van der Waals surface area contributed by atoms with Crippen molar-refractivity contribution in [2.45, 2.75) is 67.7 Å². The van der Waals surface area contributed by atoms with E-state index in [-0.39, 0.29) is 48.8 Å². The molecule has 6 rings (SSSR count). The van der Waals surface area contributed by atoms with Gasteiger partial charge in [-0.1, -0.05) is 42.5 Å². The number of carbonyl (C=O) groups is 2. The summed E-state index contributed by atoms with van der Waals surface area (Å²) in [5, 5.41) is 11.8. The maximum absolute atomic E-state index is 13.8. The molecule has 10 nitrogen and oxygen atoms in total. The lowest BCUT2D eigenvalue weighted by Gasteiger charge is -2.30. The Hall–Kier alpha value is -4.22. The number of aromatic nitrogens is 1. The van der Waals surface area contributed by atoms with E-state index in [1.54, 1.807) is 41.3 Å². The van der Waals surface area contributed by atoms with Gasteiger partial charge in [0.1, 0.15) is 5.52 Å². The van der Waals surface area contributed by atoms with Crippen LogP contribution in [-0.4, -0.2) is 65.8 Å². The van der Waals surface area contributed by atoms with Crippen LogP contribution in [0.3, 0.4) is 0 Å². The summed E-state index contributed by atoms with van der Waals surface area (Å²) in [6.07, 6.45) is 2.56. The number of anilines is 2. The molecule has 0 unspecified atom stereocenters. The number of fused-ring (bicyclic) bond motifs is 1. The molecule has 236 valence electrons. The van der Waals surface area contributed by atoms with Gasteiger partial charge in [0, 0.05) is 12.2 Å². The summed E-state index contributed by atoms with van der Waals surface area (Å²) in [5.74, 6) is -1.33. The van der Waals surface area contributed by atoms with E-state index in [0.717, 1.165) is 16.8 Å². The number of likely N-dealkylation sites (tertiary alicyclic amines) is 1. The van der Waals surface area contributed by atoms with Gasteiger partial charge in [0.2, 0.25) is 5.91 Å². The van der Waals surface area contributed by atoms with Crippen LogP contribution in [-0.2, 0) is 30.6 Å². The van der Waals surface area contributed by atoms with E-state index in [2.05, 4.69) is 10.3 Å². The zero-order valence-electron chi connectivity index (χ0n) is 25.1. The van der Waals surface area contributed by atoms with Crippen LogP contribution in [0, 0.1) is 12.8 Å². The number of benzene rings is 3. The largest absolute Gasteiger partial charge is 0.481 e. The highest BCUT2D eigenvalue weighted by Gasteiger charge is 2.42. The third kappa shape index (κ3) is 6.89. The highest BCUT2D eigenvalue weighted by atomic mass is 32.2. The minimum Gasteiger partial charge on any atom is -0.481 e. The van der Waals surface area contributed by atoms with E-state index < -0.39 is 27.1 Å². The molecule has 11 heteroatoms. The summed E-state index contributed by atoms with van der Waals surface area (Å²) in [6.45, 7) is 2.26. The first-order chi connectivity index (χ1) is 21.7. The van der Waals surface area contributed by atoms with E-state index in [4.69, 9.17) is 9.15 Å². The molecule has 0 spiro atoms. The highest BCUT2D eigenvalue weighted by Crippen LogP contribution is 2.32. The number of carbonyl (C=O) groups excluding carboxylic acids is 1. The number of hydrogen-bond acceptors (Lipinski definition) is 8. The Labute approximate surface area is 262 Å². The first-order valence-electron chi connectivity index (χ1n) is 15.3. The van der Waals surface area contributed by atoms with Crippen molar-refractivity contribution < 1.29 is 32.3 Å². The molecule has 1 aromatic heterocycles. The van der Waals surface area contributed by atoms with Gasteiger partial charge in [0.25, 0.3) is 6.01 Å². The summed E-state index contributed by atoms with van der Waals surface area (Å²) in [4.78, 5) is 31.5. The number of sulfone groups is 1. The van der Waals surface area contributed by atoms with Gasteiger partial charge in [0.05, 0.1) is 41.2 Å². The van der Waals surface area contributed by atoms with Gasteiger partial charge in [-0.05, 0) is 80.5 Å². The van der Waals surface area contributed by atoms with Crippen molar-refractivity contribution in [2.75, 3.05) is 18.5 Å². The Balaban J connectivity index is 1.17. The SMILES string of the molecule is Cc1ccccc1Nc1nc2ccc(CC(=O)N3C[C@@H](S(=O)(=O)c4ccccc4)C[C@H]3COC3CCC(C(=O)O)CC3)cc2o1. The number of carboxylic acids is 1. The number of ether oxygens (including phenoxy) is 1. The monoisotopic (exact) mass is 631 g/mol. The highest BCUT2D eigenvalue weighted by molar-refractivity contribution is 7.92. The van der Waals surface area contributed by atoms with Crippen LogP contribution in [0.2, 0.25) is 0 Å². The van der Waals surface area contributed by atoms with Crippen LogP contribution in [0.1, 0.15) is 43.2 Å². The first-order valence-corrected chi connectivity index (χ1v) is 16.9. The van der Waals surface area contributed by atoms with Gasteiger partial charge >= 0.3 is 5.97 Å². The molecule has 2 atom stereocenters. The van der Waals surface area contributed by atoms with Crippen molar-refractivity contribution >= 4 is 44.5 Å². The average Bonchev–Trinajstić information content (AvgIpc) is 3.66. The Morgan fingerprint density at radius 2 is 1.76 bits per heavy atom. The molecule has 45 heavy (non-hydrogen) atoms. The quantitative estimate of drug-likeness (QED) is 0.231. The van der Waals surface area contributed by atoms with Crippen molar-refractivity contribution in [2.24, 2.45) is 5.92 Å². The second kappa shape index (κ2) is 13.0. The van der Waals surface area contributed by atoms with E-state index in [1.165, 1.54) is 0 Å². The van der Waals surface area contributed by atoms with Gasteiger partial charge in [-0.25, -0.2) is 8.42 Å². The molecule has 2 N–H and O–H groups in total. The minimum atomic E-state index is -3.67. The topological polar surface area (TPSA) is 139 Å². The Morgan fingerprint density at radius 3 is 2.49 bits per heavy atom. The lowest BCUT2D eigenvalue weighted by Crippen LogP contribution is -2.40. The maximum Gasteiger partial charge on any atom is 0.306 e. The summed E-state index contributed by atoms with van der Waals surface area (Å²) in [7, 11) is -3.67. The van der Waals surface area contributed by atoms with E-state index in [1.807, 2.05) is 43.3 Å². The van der Waals surface area contributed by atoms with Crippen LogP contribution in [0.25, 0.3) is 11.1 Å². The number of aryl methyl sites for hydroxylation is 1. The summed E-state index contributed by atoms with van der Waals surface area (Å²) in [5.41, 5.74) is 3.86. The summed E-state index contributed by atoms with van der Waals surface area (Å²) >= 11 is 0. The minimum absolute atomic E-state index is 0.0650. The summed E-state index contributed by atoms with van der Waals surface area (Å²) in [6, 6.07) is 21.5. The number of oxazole rings is 1. The van der Waals surface area contributed by atoms with Crippen molar-refractivity contribution in [1.29, 1.82) is 0 Å². The van der Waals surface area contributed by atoms with Crippen molar-refractivity contribution in [3.63, 3.8) is 0 Å². The van der Waals surface area contributed by atoms with Crippen molar-refractivity contribution in [3.8, 4) is 0 Å². The van der Waals surface area contributed by atoms with Gasteiger partial charge in [-0.15, -0.1) is 0 Å². The Bertz CT molecular complexity index is 1780. The van der Waals surface area contributed by atoms with Crippen molar-refractivity contribution in [1.82, 2.24) is 9.88 Å². The first kappa shape index (κ1) is 30.8. The van der Waals surface area contributed by atoms with Crippen LogP contribution < -0.4 is 5.32 Å². The zero-order valence-corrected chi connectivity index (χ0v) is 25.9. The number of aliphatic carboxylic acids is 1. The predicted octanol–water partition coefficient (Wildman–Crippen LogP) is 5.53. The average molecular weight is 632 g/mol. The lowest BCUT2D eigenvalue weighted by atomic mass is 9.87. The molecule has 4 aromatic rings. The number of carboxylic acid groups (broad SMARTS) is 1. The van der Waals surface area contributed by atoms with E-state index >= 15 is 0 Å². The van der Waals surface area contributed by atoms with E-state index in [0.29, 0.717) is 42.8 Å². The molecular formula is C34H37N3O7S. The predicted molar refractivity (Wildman–Crippen MR) is 169 cm³/mol. The third-order valence-corrected chi connectivity index (χ3v) is 11.1.